The van der Waals surface area contributed by atoms with E-state index < -0.39 is 0 Å². The van der Waals surface area contributed by atoms with Crippen molar-refractivity contribution >= 4 is 11.3 Å². The standard InChI is InChI=1S/C13H20N4/c1-4-16(5-2)12-6-10(3)13-15-11(7-14)8-17(13)9-12/h6,8-9H,4-5,7,14H2,1-3H3. The van der Waals surface area contributed by atoms with Crippen LogP contribution >= 0.6 is 0 Å². The molecule has 0 spiro atoms. The van der Waals surface area contributed by atoms with Crippen LogP contribution in [0.5, 0.6) is 0 Å². The minimum atomic E-state index is 0.488. The Morgan fingerprint density at radius 1 is 1.29 bits per heavy atom. The maximum absolute atomic E-state index is 5.63. The van der Waals surface area contributed by atoms with E-state index in [1.165, 1.54) is 11.3 Å². The molecule has 0 bridgehead atoms. The molecule has 0 fully saturated rings. The van der Waals surface area contributed by atoms with Gasteiger partial charge in [0.15, 0.2) is 0 Å². The molecule has 0 aliphatic rings. The van der Waals surface area contributed by atoms with Crippen LogP contribution in [0.25, 0.3) is 5.65 Å². The lowest BCUT2D eigenvalue weighted by molar-refractivity contribution is 0.859. The van der Waals surface area contributed by atoms with E-state index in [0.29, 0.717) is 6.54 Å². The molecular weight excluding hydrogens is 212 g/mol. The molecule has 2 heterocycles. The van der Waals surface area contributed by atoms with Crippen LogP contribution in [0, 0.1) is 6.92 Å². The number of hydrogen-bond acceptors (Lipinski definition) is 3. The van der Waals surface area contributed by atoms with Gasteiger partial charge in [-0.15, -0.1) is 0 Å². The summed E-state index contributed by atoms with van der Waals surface area (Å²) in [6, 6.07) is 2.19. The van der Waals surface area contributed by atoms with E-state index in [4.69, 9.17) is 5.73 Å². The Balaban J connectivity index is 2.53. The van der Waals surface area contributed by atoms with Gasteiger partial charge in [0.2, 0.25) is 0 Å². The number of nitrogens with zero attached hydrogens (tertiary/aromatic N) is 3. The Morgan fingerprint density at radius 3 is 2.59 bits per heavy atom. The van der Waals surface area contributed by atoms with Crippen molar-refractivity contribution in [3.8, 4) is 0 Å². The van der Waals surface area contributed by atoms with Crippen LogP contribution in [-0.4, -0.2) is 22.5 Å². The third-order valence-corrected chi connectivity index (χ3v) is 3.11. The van der Waals surface area contributed by atoms with Gasteiger partial charge in [-0.25, -0.2) is 4.98 Å². The molecule has 0 aliphatic heterocycles. The number of rotatable bonds is 4. The van der Waals surface area contributed by atoms with Crippen molar-refractivity contribution in [2.45, 2.75) is 27.3 Å². The second kappa shape index (κ2) is 4.75. The molecular formula is C13H20N4. The fourth-order valence-corrected chi connectivity index (χ4v) is 2.16. The minimum Gasteiger partial charge on any atom is -0.371 e. The van der Waals surface area contributed by atoms with Crippen LogP contribution in [0.2, 0.25) is 0 Å². The van der Waals surface area contributed by atoms with Crippen molar-refractivity contribution in [1.82, 2.24) is 9.38 Å². The van der Waals surface area contributed by atoms with Crippen molar-refractivity contribution < 1.29 is 0 Å². The van der Waals surface area contributed by atoms with Gasteiger partial charge in [-0.05, 0) is 32.4 Å². The van der Waals surface area contributed by atoms with Crippen molar-refractivity contribution in [1.29, 1.82) is 0 Å². The fourth-order valence-electron chi connectivity index (χ4n) is 2.16. The summed E-state index contributed by atoms with van der Waals surface area (Å²) in [6.45, 7) is 8.95. The Kier molecular flexibility index (Phi) is 3.33. The number of fused-ring (bicyclic) bond motifs is 1. The van der Waals surface area contributed by atoms with Gasteiger partial charge in [-0.3, -0.25) is 0 Å². The summed E-state index contributed by atoms with van der Waals surface area (Å²) in [4.78, 5) is 6.83. The van der Waals surface area contributed by atoms with Gasteiger partial charge in [-0.1, -0.05) is 0 Å². The molecule has 0 radical (unpaired) electrons. The summed E-state index contributed by atoms with van der Waals surface area (Å²) in [5.74, 6) is 0. The molecule has 0 aromatic carbocycles. The molecule has 0 saturated heterocycles. The zero-order chi connectivity index (χ0) is 12.4. The lowest BCUT2D eigenvalue weighted by atomic mass is 10.2. The van der Waals surface area contributed by atoms with Gasteiger partial charge < -0.3 is 15.0 Å². The first-order valence-electron chi connectivity index (χ1n) is 6.12. The summed E-state index contributed by atoms with van der Waals surface area (Å²) in [6.07, 6.45) is 4.14. The van der Waals surface area contributed by atoms with E-state index in [9.17, 15) is 0 Å². The monoisotopic (exact) mass is 232 g/mol. The highest BCUT2D eigenvalue weighted by Crippen LogP contribution is 2.19. The van der Waals surface area contributed by atoms with Crippen molar-refractivity contribution in [3.05, 3.63) is 29.7 Å². The van der Waals surface area contributed by atoms with Crippen LogP contribution < -0.4 is 10.6 Å². The van der Waals surface area contributed by atoms with Gasteiger partial charge in [0.25, 0.3) is 0 Å². The van der Waals surface area contributed by atoms with E-state index in [0.717, 1.165) is 24.4 Å². The predicted octanol–water partition coefficient (Wildman–Crippen LogP) is 1.95. The second-order valence-electron chi connectivity index (χ2n) is 4.22. The molecule has 17 heavy (non-hydrogen) atoms. The molecule has 2 rings (SSSR count). The highest BCUT2D eigenvalue weighted by atomic mass is 15.1. The van der Waals surface area contributed by atoms with Crippen molar-refractivity contribution in [2.75, 3.05) is 18.0 Å². The highest BCUT2D eigenvalue weighted by molar-refractivity contribution is 5.58. The Morgan fingerprint density at radius 2 is 2.00 bits per heavy atom. The summed E-state index contributed by atoms with van der Waals surface area (Å²) >= 11 is 0. The number of anilines is 1. The summed E-state index contributed by atoms with van der Waals surface area (Å²) < 4.78 is 2.07. The highest BCUT2D eigenvalue weighted by Gasteiger charge is 2.08. The fraction of sp³-hybridized carbons (Fsp3) is 0.462. The smallest absolute Gasteiger partial charge is 0.140 e. The van der Waals surface area contributed by atoms with Gasteiger partial charge in [0, 0.05) is 32.0 Å². The average Bonchev–Trinajstić information content (AvgIpc) is 2.74. The molecule has 0 aliphatic carbocycles. The van der Waals surface area contributed by atoms with E-state index in [1.54, 1.807) is 0 Å². The van der Waals surface area contributed by atoms with Crippen LogP contribution in [-0.2, 0) is 6.54 Å². The molecule has 2 aromatic rings. The van der Waals surface area contributed by atoms with Gasteiger partial charge in [0.1, 0.15) is 5.65 Å². The number of imidazole rings is 1. The molecule has 2 N–H and O–H groups in total. The van der Waals surface area contributed by atoms with Crippen LogP contribution in [0.15, 0.2) is 18.5 Å². The molecule has 2 aromatic heterocycles. The summed E-state index contributed by atoms with van der Waals surface area (Å²) in [5.41, 5.74) is 9.99. The van der Waals surface area contributed by atoms with Gasteiger partial charge >= 0.3 is 0 Å². The second-order valence-corrected chi connectivity index (χ2v) is 4.22. The Bertz CT molecular complexity index is 511. The van der Waals surface area contributed by atoms with Crippen molar-refractivity contribution in [2.24, 2.45) is 5.73 Å². The summed E-state index contributed by atoms with van der Waals surface area (Å²) in [5, 5.41) is 0. The first kappa shape index (κ1) is 11.9. The first-order valence-corrected chi connectivity index (χ1v) is 6.12. The third kappa shape index (κ3) is 2.13. The summed E-state index contributed by atoms with van der Waals surface area (Å²) in [7, 11) is 0. The number of aromatic nitrogens is 2. The lowest BCUT2D eigenvalue weighted by Crippen LogP contribution is -2.22. The SMILES string of the molecule is CCN(CC)c1cc(C)c2nc(CN)cn2c1. The molecule has 0 saturated carbocycles. The lowest BCUT2D eigenvalue weighted by Gasteiger charge is -2.21. The quantitative estimate of drug-likeness (QED) is 0.876. The molecule has 0 unspecified atom stereocenters. The molecule has 0 amide bonds. The molecule has 4 nitrogen and oxygen atoms in total. The van der Waals surface area contributed by atoms with Crippen LogP contribution in [0.4, 0.5) is 5.69 Å². The van der Waals surface area contributed by atoms with Crippen LogP contribution in [0.3, 0.4) is 0 Å². The molecule has 92 valence electrons. The van der Waals surface area contributed by atoms with Gasteiger partial charge in [0.05, 0.1) is 11.4 Å². The Hall–Kier alpha value is -1.55. The number of pyridine rings is 1. The predicted molar refractivity (Wildman–Crippen MR) is 71.4 cm³/mol. The Labute approximate surface area is 102 Å². The largest absolute Gasteiger partial charge is 0.371 e. The average molecular weight is 232 g/mol. The zero-order valence-electron chi connectivity index (χ0n) is 10.8. The van der Waals surface area contributed by atoms with Crippen molar-refractivity contribution in [3.63, 3.8) is 0 Å². The number of hydrogen-bond donors (Lipinski definition) is 1. The van der Waals surface area contributed by atoms with E-state index in [1.807, 2.05) is 6.20 Å². The van der Waals surface area contributed by atoms with E-state index >= 15 is 0 Å². The number of nitrogens with two attached hydrogens (primary N) is 1. The maximum Gasteiger partial charge on any atom is 0.140 e. The van der Waals surface area contributed by atoms with Crippen LogP contribution in [0.1, 0.15) is 25.1 Å². The minimum absolute atomic E-state index is 0.488. The number of aryl methyl sites for hydroxylation is 1. The first-order chi connectivity index (χ1) is 8.19. The topological polar surface area (TPSA) is 46.6 Å². The van der Waals surface area contributed by atoms with E-state index in [2.05, 4.69) is 47.3 Å². The van der Waals surface area contributed by atoms with E-state index in [-0.39, 0.29) is 0 Å². The van der Waals surface area contributed by atoms with Gasteiger partial charge in [-0.2, -0.15) is 0 Å². The zero-order valence-corrected chi connectivity index (χ0v) is 10.8. The normalized spacial score (nSPS) is 11.1. The molecule has 0 atom stereocenters. The maximum atomic E-state index is 5.63. The third-order valence-electron chi connectivity index (χ3n) is 3.11. The molecule has 4 heteroatoms.